The number of pyridine rings is 1. The van der Waals surface area contributed by atoms with Crippen molar-refractivity contribution in [2.45, 2.75) is 19.8 Å². The minimum absolute atomic E-state index is 0.0205. The molecule has 0 radical (unpaired) electrons. The molecule has 3 heterocycles. The molecule has 3 aromatic heterocycles. The van der Waals surface area contributed by atoms with E-state index in [9.17, 15) is 9.18 Å². The predicted octanol–water partition coefficient (Wildman–Crippen LogP) is 7.32. The van der Waals surface area contributed by atoms with Gasteiger partial charge in [-0.25, -0.2) is 4.39 Å². The van der Waals surface area contributed by atoms with Gasteiger partial charge in [0.2, 0.25) is 5.91 Å². The zero-order valence-electron chi connectivity index (χ0n) is 20.2. The van der Waals surface area contributed by atoms with Gasteiger partial charge in [0.25, 0.3) is 0 Å². The van der Waals surface area contributed by atoms with Crippen LogP contribution in [0.2, 0.25) is 0 Å². The molecule has 0 spiro atoms. The van der Waals surface area contributed by atoms with E-state index in [2.05, 4.69) is 37.6 Å². The molecule has 6 aromatic rings. The number of rotatable bonds is 6. The third-order valence-corrected chi connectivity index (χ3v) is 6.47. The Labute approximate surface area is 212 Å². The molecule has 6 rings (SSSR count). The van der Waals surface area contributed by atoms with Crippen LogP contribution in [0.3, 0.4) is 0 Å². The standard InChI is InChI=1S/C30H24FN5O/c1-2-4-29(37)33-22-13-20(16-32-17-22)19-9-12-27-25(14-19)30(36-35-27)28-15-24-23(5-3-6-26(24)34-28)18-7-10-21(31)11-8-18/h3,5-17,34H,2,4H2,1H3,(H,33,37)(H,35,36). The van der Waals surface area contributed by atoms with Crippen molar-refractivity contribution in [3.8, 4) is 33.6 Å². The molecule has 0 aliphatic carbocycles. The maximum Gasteiger partial charge on any atom is 0.224 e. The number of hydrogen-bond donors (Lipinski definition) is 3. The molecule has 0 fully saturated rings. The lowest BCUT2D eigenvalue weighted by molar-refractivity contribution is -0.116. The van der Waals surface area contributed by atoms with Gasteiger partial charge in [0.1, 0.15) is 11.5 Å². The number of hydrogen-bond acceptors (Lipinski definition) is 3. The number of aromatic amines is 2. The summed E-state index contributed by atoms with van der Waals surface area (Å²) in [5, 5.41) is 12.7. The zero-order valence-corrected chi connectivity index (χ0v) is 20.2. The summed E-state index contributed by atoms with van der Waals surface area (Å²) in [6.45, 7) is 1.97. The van der Waals surface area contributed by atoms with Crippen molar-refractivity contribution >= 4 is 33.4 Å². The Kier molecular flexibility index (Phi) is 5.73. The third-order valence-electron chi connectivity index (χ3n) is 6.47. The van der Waals surface area contributed by atoms with Gasteiger partial charge in [0.05, 0.1) is 23.1 Å². The van der Waals surface area contributed by atoms with Gasteiger partial charge in [-0.05, 0) is 65.6 Å². The SMILES string of the molecule is CCCC(=O)Nc1cncc(-c2ccc3[nH]nc(-c4cc5c(-c6ccc(F)cc6)cccc5[nH]4)c3c2)c1. The van der Waals surface area contributed by atoms with Gasteiger partial charge in [-0.3, -0.25) is 14.9 Å². The quantitative estimate of drug-likeness (QED) is 0.229. The second-order valence-electron chi connectivity index (χ2n) is 9.05. The summed E-state index contributed by atoms with van der Waals surface area (Å²) in [4.78, 5) is 19.9. The first-order valence-corrected chi connectivity index (χ1v) is 12.2. The fourth-order valence-corrected chi connectivity index (χ4v) is 4.68. The number of amides is 1. The van der Waals surface area contributed by atoms with E-state index in [0.717, 1.165) is 61.9 Å². The minimum atomic E-state index is -0.256. The maximum absolute atomic E-state index is 13.5. The van der Waals surface area contributed by atoms with E-state index in [1.165, 1.54) is 12.1 Å². The molecule has 0 saturated heterocycles. The predicted molar refractivity (Wildman–Crippen MR) is 146 cm³/mol. The number of carbonyl (C=O) groups is 1. The molecular formula is C30H24FN5O. The van der Waals surface area contributed by atoms with Crippen LogP contribution in [0.4, 0.5) is 10.1 Å². The molecule has 3 N–H and O–H groups in total. The van der Waals surface area contributed by atoms with E-state index in [1.54, 1.807) is 24.5 Å². The number of aromatic nitrogens is 4. The average molecular weight is 490 g/mol. The second kappa shape index (κ2) is 9.35. The molecular weight excluding hydrogens is 465 g/mol. The lowest BCUT2D eigenvalue weighted by atomic mass is 10.0. The van der Waals surface area contributed by atoms with Gasteiger partial charge in [-0.2, -0.15) is 5.10 Å². The Morgan fingerprint density at radius 3 is 2.57 bits per heavy atom. The Bertz CT molecular complexity index is 1750. The van der Waals surface area contributed by atoms with Crippen LogP contribution in [0.5, 0.6) is 0 Å². The van der Waals surface area contributed by atoms with E-state index >= 15 is 0 Å². The highest BCUT2D eigenvalue weighted by atomic mass is 19.1. The van der Waals surface area contributed by atoms with Crippen molar-refractivity contribution in [3.63, 3.8) is 0 Å². The summed E-state index contributed by atoms with van der Waals surface area (Å²) in [7, 11) is 0. The van der Waals surface area contributed by atoms with E-state index < -0.39 is 0 Å². The smallest absolute Gasteiger partial charge is 0.224 e. The van der Waals surface area contributed by atoms with Gasteiger partial charge in [0.15, 0.2) is 0 Å². The largest absolute Gasteiger partial charge is 0.353 e. The number of carbonyl (C=O) groups excluding carboxylic acids is 1. The van der Waals surface area contributed by atoms with Crippen LogP contribution in [-0.2, 0) is 4.79 Å². The summed E-state index contributed by atoms with van der Waals surface area (Å²) < 4.78 is 13.5. The van der Waals surface area contributed by atoms with Crippen molar-refractivity contribution in [1.82, 2.24) is 20.2 Å². The number of nitrogens with one attached hydrogen (secondary N) is 3. The van der Waals surface area contributed by atoms with Crippen molar-refractivity contribution in [1.29, 1.82) is 0 Å². The fraction of sp³-hybridized carbons (Fsp3) is 0.100. The third kappa shape index (κ3) is 4.36. The molecule has 3 aromatic carbocycles. The number of benzene rings is 3. The number of H-pyrrole nitrogens is 2. The summed E-state index contributed by atoms with van der Waals surface area (Å²) in [6.07, 6.45) is 4.70. The number of nitrogens with zero attached hydrogens (tertiary/aromatic N) is 2. The molecule has 0 saturated carbocycles. The molecule has 182 valence electrons. The monoisotopic (exact) mass is 489 g/mol. The lowest BCUT2D eigenvalue weighted by Gasteiger charge is -2.07. The molecule has 6 nitrogen and oxygen atoms in total. The van der Waals surface area contributed by atoms with Crippen molar-refractivity contribution in [2.75, 3.05) is 5.32 Å². The number of fused-ring (bicyclic) bond motifs is 2. The molecule has 1 amide bonds. The van der Waals surface area contributed by atoms with E-state index in [1.807, 2.05) is 43.3 Å². The Balaban J connectivity index is 1.40. The van der Waals surface area contributed by atoms with Gasteiger partial charge < -0.3 is 10.3 Å². The Hall–Kier alpha value is -4.78. The van der Waals surface area contributed by atoms with Gasteiger partial charge in [-0.1, -0.05) is 37.3 Å². The summed E-state index contributed by atoms with van der Waals surface area (Å²) in [5.74, 6) is -0.276. The van der Waals surface area contributed by atoms with E-state index in [-0.39, 0.29) is 11.7 Å². The van der Waals surface area contributed by atoms with Crippen molar-refractivity contribution < 1.29 is 9.18 Å². The van der Waals surface area contributed by atoms with Crippen molar-refractivity contribution in [3.05, 3.63) is 91.0 Å². The zero-order chi connectivity index (χ0) is 25.4. The topological polar surface area (TPSA) is 86.5 Å². The highest BCUT2D eigenvalue weighted by Crippen LogP contribution is 2.35. The maximum atomic E-state index is 13.5. The van der Waals surface area contributed by atoms with Gasteiger partial charge >= 0.3 is 0 Å². The average Bonchev–Trinajstić information content (AvgIpc) is 3.53. The minimum Gasteiger partial charge on any atom is -0.353 e. The van der Waals surface area contributed by atoms with Crippen LogP contribution >= 0.6 is 0 Å². The van der Waals surface area contributed by atoms with Crippen LogP contribution in [0.15, 0.2) is 85.2 Å². The molecule has 0 bridgehead atoms. The van der Waals surface area contributed by atoms with Gasteiger partial charge in [-0.15, -0.1) is 0 Å². The Morgan fingerprint density at radius 1 is 0.892 bits per heavy atom. The number of halogens is 1. The highest BCUT2D eigenvalue weighted by molar-refractivity contribution is 6.02. The lowest BCUT2D eigenvalue weighted by Crippen LogP contribution is -2.10. The summed E-state index contributed by atoms with van der Waals surface area (Å²) in [5.41, 5.74) is 8.09. The molecule has 0 aliphatic heterocycles. The summed E-state index contributed by atoms with van der Waals surface area (Å²) in [6, 6.07) is 22.7. The second-order valence-corrected chi connectivity index (χ2v) is 9.05. The normalized spacial score (nSPS) is 11.3. The van der Waals surface area contributed by atoms with Crippen LogP contribution < -0.4 is 5.32 Å². The molecule has 0 unspecified atom stereocenters. The van der Waals surface area contributed by atoms with E-state index in [0.29, 0.717) is 12.1 Å². The molecule has 0 atom stereocenters. The summed E-state index contributed by atoms with van der Waals surface area (Å²) >= 11 is 0. The Morgan fingerprint density at radius 2 is 1.73 bits per heavy atom. The van der Waals surface area contributed by atoms with Gasteiger partial charge in [0, 0.05) is 34.5 Å². The molecule has 7 heteroatoms. The van der Waals surface area contributed by atoms with Crippen LogP contribution in [-0.4, -0.2) is 26.1 Å². The van der Waals surface area contributed by atoms with E-state index in [4.69, 9.17) is 0 Å². The first-order valence-electron chi connectivity index (χ1n) is 12.2. The first kappa shape index (κ1) is 22.7. The highest BCUT2D eigenvalue weighted by Gasteiger charge is 2.15. The van der Waals surface area contributed by atoms with Crippen LogP contribution in [0.25, 0.3) is 55.4 Å². The first-order chi connectivity index (χ1) is 18.1. The fourth-order valence-electron chi connectivity index (χ4n) is 4.68. The van der Waals surface area contributed by atoms with Crippen LogP contribution in [0.1, 0.15) is 19.8 Å². The number of anilines is 1. The molecule has 0 aliphatic rings. The van der Waals surface area contributed by atoms with Crippen LogP contribution in [0, 0.1) is 5.82 Å². The molecule has 37 heavy (non-hydrogen) atoms. The van der Waals surface area contributed by atoms with Crippen molar-refractivity contribution in [2.24, 2.45) is 0 Å².